The Morgan fingerprint density at radius 2 is 2.18 bits per heavy atom. The Kier molecular flexibility index (Phi) is 2.60. The lowest BCUT2D eigenvalue weighted by Crippen LogP contribution is -2.07. The average molecular weight is 153 g/mol. The number of hydrogen-bond donors (Lipinski definition) is 1. The highest BCUT2D eigenvalue weighted by molar-refractivity contribution is 5.26. The van der Waals surface area contributed by atoms with Gasteiger partial charge in [0.1, 0.15) is 5.82 Å². The van der Waals surface area contributed by atoms with Crippen LogP contribution in [0.25, 0.3) is 0 Å². The Morgan fingerprint density at radius 1 is 1.45 bits per heavy atom. The van der Waals surface area contributed by atoms with Gasteiger partial charge in [0.2, 0.25) is 0 Å². The second kappa shape index (κ2) is 3.49. The standard InChI is InChI=1S/C9H12FN/c1-7-8(6-11-2)4-3-5-9(7)10/h3-5,11H,6H2,1-2H3. The summed E-state index contributed by atoms with van der Waals surface area (Å²) in [4.78, 5) is 0. The molecule has 0 saturated carbocycles. The van der Waals surface area contributed by atoms with Crippen LogP contribution in [0.15, 0.2) is 18.2 Å². The van der Waals surface area contributed by atoms with E-state index >= 15 is 0 Å². The van der Waals surface area contributed by atoms with Crippen LogP contribution < -0.4 is 5.32 Å². The molecule has 11 heavy (non-hydrogen) atoms. The Morgan fingerprint density at radius 3 is 2.82 bits per heavy atom. The molecule has 2 heteroatoms. The van der Waals surface area contributed by atoms with Crippen molar-refractivity contribution in [3.63, 3.8) is 0 Å². The van der Waals surface area contributed by atoms with Crippen LogP contribution in [-0.4, -0.2) is 7.05 Å². The number of hydrogen-bond acceptors (Lipinski definition) is 1. The van der Waals surface area contributed by atoms with Crippen LogP contribution >= 0.6 is 0 Å². The molecule has 0 radical (unpaired) electrons. The fourth-order valence-corrected chi connectivity index (χ4v) is 1.03. The largest absolute Gasteiger partial charge is 0.316 e. The summed E-state index contributed by atoms with van der Waals surface area (Å²) in [6.07, 6.45) is 0. The lowest BCUT2D eigenvalue weighted by molar-refractivity contribution is 0.613. The first kappa shape index (κ1) is 8.21. The van der Waals surface area contributed by atoms with Crippen molar-refractivity contribution in [1.82, 2.24) is 5.32 Å². The van der Waals surface area contributed by atoms with Gasteiger partial charge in [-0.2, -0.15) is 0 Å². The zero-order valence-corrected chi connectivity index (χ0v) is 6.82. The Labute approximate surface area is 66.2 Å². The van der Waals surface area contributed by atoms with Gasteiger partial charge in [0.15, 0.2) is 0 Å². The first-order valence-electron chi connectivity index (χ1n) is 3.64. The van der Waals surface area contributed by atoms with Gasteiger partial charge in [0.25, 0.3) is 0 Å². The fourth-order valence-electron chi connectivity index (χ4n) is 1.03. The predicted molar refractivity (Wildman–Crippen MR) is 43.9 cm³/mol. The van der Waals surface area contributed by atoms with Crippen molar-refractivity contribution in [2.45, 2.75) is 13.5 Å². The van der Waals surface area contributed by atoms with Crippen LogP contribution in [0.4, 0.5) is 4.39 Å². The molecule has 0 atom stereocenters. The van der Waals surface area contributed by atoms with E-state index in [-0.39, 0.29) is 5.82 Å². The van der Waals surface area contributed by atoms with Gasteiger partial charge < -0.3 is 5.32 Å². The summed E-state index contributed by atoms with van der Waals surface area (Å²) in [5, 5.41) is 2.99. The molecule has 0 aliphatic carbocycles. The minimum absolute atomic E-state index is 0.127. The second-order valence-corrected chi connectivity index (χ2v) is 2.55. The van der Waals surface area contributed by atoms with Crippen molar-refractivity contribution < 1.29 is 4.39 Å². The average Bonchev–Trinajstić information content (AvgIpc) is 1.99. The smallest absolute Gasteiger partial charge is 0.126 e. The molecule has 0 heterocycles. The van der Waals surface area contributed by atoms with E-state index in [9.17, 15) is 4.39 Å². The topological polar surface area (TPSA) is 12.0 Å². The number of nitrogens with one attached hydrogen (secondary N) is 1. The molecule has 0 aromatic heterocycles. The molecular formula is C9H12FN. The van der Waals surface area contributed by atoms with E-state index in [1.54, 1.807) is 13.0 Å². The Hall–Kier alpha value is -0.890. The maximum Gasteiger partial charge on any atom is 0.126 e. The van der Waals surface area contributed by atoms with Crippen molar-refractivity contribution >= 4 is 0 Å². The van der Waals surface area contributed by atoms with Crippen LogP contribution in [0.1, 0.15) is 11.1 Å². The van der Waals surface area contributed by atoms with Crippen LogP contribution in [0.5, 0.6) is 0 Å². The molecule has 0 aliphatic heterocycles. The normalized spacial score (nSPS) is 10.1. The summed E-state index contributed by atoms with van der Waals surface area (Å²) in [5.41, 5.74) is 1.76. The number of halogens is 1. The molecular weight excluding hydrogens is 141 g/mol. The molecule has 0 fully saturated rings. The van der Waals surface area contributed by atoms with E-state index in [1.807, 2.05) is 13.1 Å². The van der Waals surface area contributed by atoms with Gasteiger partial charge in [-0.05, 0) is 31.2 Å². The van der Waals surface area contributed by atoms with Gasteiger partial charge in [0.05, 0.1) is 0 Å². The molecule has 0 saturated heterocycles. The summed E-state index contributed by atoms with van der Waals surface area (Å²) in [6, 6.07) is 5.14. The van der Waals surface area contributed by atoms with E-state index < -0.39 is 0 Å². The summed E-state index contributed by atoms with van der Waals surface area (Å²) >= 11 is 0. The van der Waals surface area contributed by atoms with E-state index in [2.05, 4.69) is 5.32 Å². The summed E-state index contributed by atoms with van der Waals surface area (Å²) < 4.78 is 12.9. The van der Waals surface area contributed by atoms with Crippen molar-refractivity contribution in [3.8, 4) is 0 Å². The van der Waals surface area contributed by atoms with Crippen molar-refractivity contribution in [2.24, 2.45) is 0 Å². The molecule has 0 amide bonds. The van der Waals surface area contributed by atoms with E-state index in [0.717, 1.165) is 17.7 Å². The summed E-state index contributed by atoms with van der Waals surface area (Å²) in [7, 11) is 1.85. The maximum atomic E-state index is 12.9. The molecule has 1 nitrogen and oxygen atoms in total. The monoisotopic (exact) mass is 153 g/mol. The second-order valence-electron chi connectivity index (χ2n) is 2.55. The van der Waals surface area contributed by atoms with Crippen LogP contribution in [-0.2, 0) is 6.54 Å². The molecule has 0 unspecified atom stereocenters. The molecule has 1 aromatic rings. The third kappa shape index (κ3) is 1.77. The molecule has 0 bridgehead atoms. The van der Waals surface area contributed by atoms with Gasteiger partial charge in [-0.1, -0.05) is 12.1 Å². The maximum absolute atomic E-state index is 12.9. The first-order valence-corrected chi connectivity index (χ1v) is 3.64. The molecule has 60 valence electrons. The van der Waals surface area contributed by atoms with Crippen LogP contribution in [0.2, 0.25) is 0 Å². The van der Waals surface area contributed by atoms with E-state index in [4.69, 9.17) is 0 Å². The third-order valence-electron chi connectivity index (χ3n) is 1.75. The van der Waals surface area contributed by atoms with Crippen molar-refractivity contribution in [3.05, 3.63) is 35.1 Å². The highest BCUT2D eigenvalue weighted by atomic mass is 19.1. The minimum Gasteiger partial charge on any atom is -0.316 e. The molecule has 1 N–H and O–H groups in total. The molecule has 1 rings (SSSR count). The van der Waals surface area contributed by atoms with Crippen LogP contribution in [0, 0.1) is 12.7 Å². The SMILES string of the molecule is CNCc1cccc(F)c1C. The summed E-state index contributed by atoms with van der Waals surface area (Å²) in [5.74, 6) is -0.127. The predicted octanol–water partition coefficient (Wildman–Crippen LogP) is 1.85. The fraction of sp³-hybridized carbons (Fsp3) is 0.333. The van der Waals surface area contributed by atoms with Gasteiger partial charge in [0, 0.05) is 6.54 Å². The van der Waals surface area contributed by atoms with Crippen molar-refractivity contribution in [1.29, 1.82) is 0 Å². The summed E-state index contributed by atoms with van der Waals surface area (Å²) in [6.45, 7) is 2.52. The van der Waals surface area contributed by atoms with Crippen LogP contribution in [0.3, 0.4) is 0 Å². The van der Waals surface area contributed by atoms with Gasteiger partial charge >= 0.3 is 0 Å². The van der Waals surface area contributed by atoms with Gasteiger partial charge in [-0.15, -0.1) is 0 Å². The Balaban J connectivity index is 2.96. The van der Waals surface area contributed by atoms with Crippen molar-refractivity contribution in [2.75, 3.05) is 7.05 Å². The lowest BCUT2D eigenvalue weighted by Gasteiger charge is -2.04. The lowest BCUT2D eigenvalue weighted by atomic mass is 10.1. The first-order chi connectivity index (χ1) is 5.25. The highest BCUT2D eigenvalue weighted by Crippen LogP contribution is 2.10. The Bertz CT molecular complexity index is 245. The highest BCUT2D eigenvalue weighted by Gasteiger charge is 2.00. The molecule has 0 aliphatic rings. The third-order valence-corrected chi connectivity index (χ3v) is 1.75. The van der Waals surface area contributed by atoms with E-state index in [1.165, 1.54) is 6.07 Å². The minimum atomic E-state index is -0.127. The number of benzene rings is 1. The zero-order chi connectivity index (χ0) is 8.27. The van der Waals surface area contributed by atoms with Gasteiger partial charge in [-0.3, -0.25) is 0 Å². The van der Waals surface area contributed by atoms with E-state index in [0.29, 0.717) is 0 Å². The zero-order valence-electron chi connectivity index (χ0n) is 6.82. The molecule has 1 aromatic carbocycles. The quantitative estimate of drug-likeness (QED) is 0.683. The number of rotatable bonds is 2. The van der Waals surface area contributed by atoms with Gasteiger partial charge in [-0.25, -0.2) is 4.39 Å². The molecule has 0 spiro atoms.